The molecule has 2 saturated heterocycles. The van der Waals surface area contributed by atoms with E-state index in [1.807, 2.05) is 14.0 Å². The number of nitrogens with one attached hydrogen (secondary N) is 2. The van der Waals surface area contributed by atoms with Crippen molar-refractivity contribution in [3.05, 3.63) is 0 Å². The summed E-state index contributed by atoms with van der Waals surface area (Å²) in [5, 5.41) is 7.00. The van der Waals surface area contributed by atoms with E-state index >= 15 is 0 Å². The number of amides is 1. The Labute approximate surface area is 186 Å². The van der Waals surface area contributed by atoms with Crippen molar-refractivity contribution in [1.82, 2.24) is 20.4 Å². The molecule has 0 unspecified atom stereocenters. The first kappa shape index (κ1) is 25.2. The van der Waals surface area contributed by atoms with Gasteiger partial charge in [0.2, 0.25) is 0 Å². The molecule has 0 spiro atoms. The summed E-state index contributed by atoms with van der Waals surface area (Å²) in [5.41, 5.74) is 0. The van der Waals surface area contributed by atoms with Gasteiger partial charge in [0.25, 0.3) is 0 Å². The lowest BCUT2D eigenvalue weighted by Crippen LogP contribution is -2.50. The predicted octanol–water partition coefficient (Wildman–Crippen LogP) is 1.75. The van der Waals surface area contributed by atoms with E-state index in [0.29, 0.717) is 18.6 Å². The molecule has 2 N–H and O–H groups in total. The molecule has 2 rings (SSSR count). The van der Waals surface area contributed by atoms with Crippen LogP contribution in [0.3, 0.4) is 0 Å². The van der Waals surface area contributed by atoms with Crippen LogP contribution in [0.2, 0.25) is 0 Å². The highest BCUT2D eigenvalue weighted by atomic mass is 127. The zero-order chi connectivity index (χ0) is 19.5. The summed E-state index contributed by atoms with van der Waals surface area (Å²) in [6, 6.07) is 0.345. The Morgan fingerprint density at radius 3 is 2.39 bits per heavy atom. The van der Waals surface area contributed by atoms with E-state index in [0.717, 1.165) is 64.7 Å². The van der Waals surface area contributed by atoms with Crippen LogP contribution < -0.4 is 10.6 Å². The number of ether oxygens (including phenoxy) is 2. The Balaban J connectivity index is 0.00000392. The summed E-state index contributed by atoms with van der Waals surface area (Å²) in [6.45, 7) is 8.82. The van der Waals surface area contributed by atoms with E-state index in [4.69, 9.17) is 9.47 Å². The first-order valence-electron chi connectivity index (χ1n) is 10.3. The molecule has 164 valence electrons. The molecule has 0 aromatic carbocycles. The third kappa shape index (κ3) is 8.69. The van der Waals surface area contributed by atoms with Crippen molar-refractivity contribution in [2.24, 2.45) is 10.9 Å². The minimum Gasteiger partial charge on any atom is -0.450 e. The minimum atomic E-state index is -0.199. The van der Waals surface area contributed by atoms with Crippen molar-refractivity contribution >= 4 is 36.0 Å². The topological polar surface area (TPSA) is 78.4 Å². The Kier molecular flexibility index (Phi) is 12.8. The van der Waals surface area contributed by atoms with Gasteiger partial charge in [-0.2, -0.15) is 0 Å². The van der Waals surface area contributed by atoms with Crippen LogP contribution in [-0.2, 0) is 9.47 Å². The minimum absolute atomic E-state index is 0. The fourth-order valence-corrected chi connectivity index (χ4v) is 3.68. The molecule has 9 heteroatoms. The number of rotatable bonds is 7. The third-order valence-corrected chi connectivity index (χ3v) is 5.46. The Hall–Kier alpha value is -0.810. The van der Waals surface area contributed by atoms with Crippen LogP contribution in [0.4, 0.5) is 4.79 Å². The van der Waals surface area contributed by atoms with Gasteiger partial charge in [0.15, 0.2) is 5.96 Å². The quantitative estimate of drug-likeness (QED) is 0.308. The lowest BCUT2D eigenvalue weighted by Gasteiger charge is -2.33. The molecule has 0 aromatic rings. The summed E-state index contributed by atoms with van der Waals surface area (Å²) < 4.78 is 10.2. The third-order valence-electron chi connectivity index (χ3n) is 5.46. The maximum absolute atomic E-state index is 11.8. The average Bonchev–Trinajstić information content (AvgIpc) is 2.71. The fraction of sp³-hybridized carbons (Fsp3) is 0.895. The summed E-state index contributed by atoms with van der Waals surface area (Å²) in [7, 11) is 3.58. The Bertz CT molecular complexity index is 464. The van der Waals surface area contributed by atoms with Gasteiger partial charge < -0.3 is 29.9 Å². The molecule has 0 atom stereocenters. The summed E-state index contributed by atoms with van der Waals surface area (Å²) >= 11 is 0. The molecule has 0 aromatic heterocycles. The molecule has 2 heterocycles. The van der Waals surface area contributed by atoms with Gasteiger partial charge >= 0.3 is 6.09 Å². The SMILES string of the molecule is CCOC(=O)N1CCC(NC(=NC)NCC2CCN(CCOC)CC2)CC1.I. The summed E-state index contributed by atoms with van der Waals surface area (Å²) in [4.78, 5) is 20.4. The van der Waals surface area contributed by atoms with Crippen LogP contribution in [0.5, 0.6) is 0 Å². The largest absolute Gasteiger partial charge is 0.450 e. The highest BCUT2D eigenvalue weighted by Crippen LogP contribution is 2.16. The van der Waals surface area contributed by atoms with Gasteiger partial charge in [-0.3, -0.25) is 4.99 Å². The summed E-state index contributed by atoms with van der Waals surface area (Å²) in [6.07, 6.45) is 4.06. The van der Waals surface area contributed by atoms with Crippen molar-refractivity contribution in [3.8, 4) is 0 Å². The Morgan fingerprint density at radius 2 is 1.82 bits per heavy atom. The van der Waals surface area contributed by atoms with Gasteiger partial charge in [-0.05, 0) is 51.6 Å². The summed E-state index contributed by atoms with van der Waals surface area (Å²) in [5.74, 6) is 1.56. The van der Waals surface area contributed by atoms with Gasteiger partial charge in [-0.1, -0.05) is 0 Å². The predicted molar refractivity (Wildman–Crippen MR) is 123 cm³/mol. The maximum Gasteiger partial charge on any atom is 0.409 e. The lowest BCUT2D eigenvalue weighted by atomic mass is 9.97. The van der Waals surface area contributed by atoms with Gasteiger partial charge in [0, 0.05) is 46.4 Å². The number of likely N-dealkylation sites (tertiary alicyclic amines) is 2. The number of methoxy groups -OCH3 is 1. The van der Waals surface area contributed by atoms with E-state index in [1.54, 1.807) is 12.0 Å². The molecule has 2 aliphatic heterocycles. The molecule has 0 saturated carbocycles. The van der Waals surface area contributed by atoms with Crippen LogP contribution in [0.15, 0.2) is 4.99 Å². The van der Waals surface area contributed by atoms with Crippen molar-refractivity contribution in [1.29, 1.82) is 0 Å². The molecule has 28 heavy (non-hydrogen) atoms. The van der Waals surface area contributed by atoms with Crippen LogP contribution in [0.1, 0.15) is 32.6 Å². The zero-order valence-electron chi connectivity index (χ0n) is 17.6. The second-order valence-corrected chi connectivity index (χ2v) is 7.34. The number of hydrogen-bond acceptors (Lipinski definition) is 5. The number of piperidine rings is 2. The van der Waals surface area contributed by atoms with Crippen LogP contribution in [0, 0.1) is 5.92 Å². The molecule has 0 radical (unpaired) electrons. The Morgan fingerprint density at radius 1 is 1.14 bits per heavy atom. The monoisotopic (exact) mass is 511 g/mol. The van der Waals surface area contributed by atoms with Gasteiger partial charge in [-0.25, -0.2) is 4.79 Å². The van der Waals surface area contributed by atoms with Crippen molar-refractivity contribution < 1.29 is 14.3 Å². The molecule has 1 amide bonds. The smallest absolute Gasteiger partial charge is 0.409 e. The first-order valence-corrected chi connectivity index (χ1v) is 10.3. The standard InChI is InChI=1S/C19H37N5O3.HI/c1-4-27-19(25)24-11-7-17(8-12-24)22-18(20-2)21-15-16-5-9-23(10-6-16)13-14-26-3;/h16-17H,4-15H2,1-3H3,(H2,20,21,22);1H. The molecular formula is C19H38IN5O3. The fourth-order valence-electron chi connectivity index (χ4n) is 3.68. The van der Waals surface area contributed by atoms with Gasteiger partial charge in [0.05, 0.1) is 13.2 Å². The van der Waals surface area contributed by atoms with E-state index in [1.165, 1.54) is 12.8 Å². The van der Waals surface area contributed by atoms with E-state index in [9.17, 15) is 4.79 Å². The number of guanidine groups is 1. The van der Waals surface area contributed by atoms with Crippen molar-refractivity contribution in [2.45, 2.75) is 38.6 Å². The number of carbonyl (C=O) groups is 1. The average molecular weight is 511 g/mol. The van der Waals surface area contributed by atoms with Crippen LogP contribution >= 0.6 is 24.0 Å². The molecular weight excluding hydrogens is 473 g/mol. The number of carbonyl (C=O) groups excluding carboxylic acids is 1. The van der Waals surface area contributed by atoms with E-state index in [2.05, 4.69) is 20.5 Å². The number of nitrogens with zero attached hydrogens (tertiary/aromatic N) is 3. The normalized spacial score (nSPS) is 19.8. The molecule has 2 fully saturated rings. The second kappa shape index (κ2) is 14.2. The molecule has 0 aliphatic carbocycles. The molecule has 2 aliphatic rings. The highest BCUT2D eigenvalue weighted by molar-refractivity contribution is 14.0. The first-order chi connectivity index (χ1) is 13.2. The zero-order valence-corrected chi connectivity index (χ0v) is 19.9. The van der Waals surface area contributed by atoms with Gasteiger partial charge in [-0.15, -0.1) is 24.0 Å². The lowest BCUT2D eigenvalue weighted by molar-refractivity contribution is 0.0963. The highest BCUT2D eigenvalue weighted by Gasteiger charge is 2.24. The maximum atomic E-state index is 11.8. The number of halogens is 1. The molecule has 8 nitrogen and oxygen atoms in total. The number of aliphatic imine (C=N–C) groups is 1. The second-order valence-electron chi connectivity index (χ2n) is 7.34. The van der Waals surface area contributed by atoms with Crippen LogP contribution in [0.25, 0.3) is 0 Å². The van der Waals surface area contributed by atoms with Crippen molar-refractivity contribution in [3.63, 3.8) is 0 Å². The van der Waals surface area contributed by atoms with E-state index < -0.39 is 0 Å². The van der Waals surface area contributed by atoms with Crippen LogP contribution in [-0.4, -0.2) is 94.5 Å². The number of hydrogen-bond donors (Lipinski definition) is 2. The van der Waals surface area contributed by atoms with Crippen molar-refractivity contribution in [2.75, 3.05) is 66.6 Å². The van der Waals surface area contributed by atoms with E-state index in [-0.39, 0.29) is 30.1 Å². The molecule has 0 bridgehead atoms. The van der Waals surface area contributed by atoms with Gasteiger partial charge in [0.1, 0.15) is 0 Å².